The van der Waals surface area contributed by atoms with Crippen molar-refractivity contribution in [1.29, 1.82) is 0 Å². The monoisotopic (exact) mass is 251 g/mol. The van der Waals surface area contributed by atoms with Crippen molar-refractivity contribution in [3.63, 3.8) is 0 Å². The Labute approximate surface area is 110 Å². The molecule has 1 aliphatic carbocycles. The Morgan fingerprint density at radius 2 is 2.06 bits per heavy atom. The van der Waals surface area contributed by atoms with E-state index in [0.29, 0.717) is 12.0 Å². The normalized spacial score (nSPS) is 17.7. The topological polar surface area (TPSA) is 46.8 Å². The van der Waals surface area contributed by atoms with Crippen LogP contribution < -0.4 is 0 Å². The summed E-state index contributed by atoms with van der Waals surface area (Å²) in [5.74, 6) is 1.68. The molecule has 1 heterocycles. The van der Waals surface area contributed by atoms with Gasteiger partial charge in [-0.2, -0.15) is 0 Å². The SMILES string of the molecule is CCCn1nnnc1CN(C1CC1)[C@@H](C)C(C)C. The van der Waals surface area contributed by atoms with Gasteiger partial charge in [-0.3, -0.25) is 4.90 Å². The van der Waals surface area contributed by atoms with Gasteiger partial charge in [0.2, 0.25) is 0 Å². The first kappa shape index (κ1) is 13.5. The minimum Gasteiger partial charge on any atom is -0.290 e. The first-order chi connectivity index (χ1) is 8.63. The molecule has 0 bridgehead atoms. The maximum Gasteiger partial charge on any atom is 0.165 e. The van der Waals surface area contributed by atoms with Crippen LogP contribution in [-0.4, -0.2) is 37.2 Å². The van der Waals surface area contributed by atoms with Crippen LogP contribution >= 0.6 is 0 Å². The molecule has 1 fully saturated rings. The fourth-order valence-electron chi connectivity index (χ4n) is 2.28. The van der Waals surface area contributed by atoms with Gasteiger partial charge in [0.25, 0.3) is 0 Å². The number of hydrogen-bond donors (Lipinski definition) is 0. The van der Waals surface area contributed by atoms with Gasteiger partial charge in [-0.1, -0.05) is 20.8 Å². The Balaban J connectivity index is 2.06. The predicted molar refractivity (Wildman–Crippen MR) is 71.0 cm³/mol. The molecule has 5 heteroatoms. The van der Waals surface area contributed by atoms with E-state index in [9.17, 15) is 0 Å². The number of rotatable bonds is 7. The van der Waals surface area contributed by atoms with Gasteiger partial charge in [0.05, 0.1) is 6.54 Å². The number of aromatic nitrogens is 4. The van der Waals surface area contributed by atoms with E-state index >= 15 is 0 Å². The third kappa shape index (κ3) is 3.07. The van der Waals surface area contributed by atoms with Crippen LogP contribution in [0.1, 0.15) is 52.8 Å². The lowest BCUT2D eigenvalue weighted by Gasteiger charge is -2.31. The molecule has 0 aliphatic heterocycles. The average molecular weight is 251 g/mol. The lowest BCUT2D eigenvalue weighted by atomic mass is 10.0. The van der Waals surface area contributed by atoms with E-state index in [2.05, 4.69) is 48.1 Å². The minimum atomic E-state index is 0.587. The lowest BCUT2D eigenvalue weighted by Crippen LogP contribution is -2.38. The highest BCUT2D eigenvalue weighted by molar-refractivity contribution is 4.92. The lowest BCUT2D eigenvalue weighted by molar-refractivity contribution is 0.144. The molecule has 1 atom stereocenters. The van der Waals surface area contributed by atoms with Crippen LogP contribution in [0.15, 0.2) is 0 Å². The first-order valence-electron chi connectivity index (χ1n) is 7.14. The van der Waals surface area contributed by atoms with E-state index in [1.807, 2.05) is 4.68 Å². The summed E-state index contributed by atoms with van der Waals surface area (Å²) in [6.45, 7) is 10.8. The standard InChI is InChI=1S/C13H25N5/c1-5-8-18-13(14-15-16-18)9-17(12-6-7-12)11(4)10(2)3/h10-12H,5-9H2,1-4H3/t11-/m0/s1. The van der Waals surface area contributed by atoms with Gasteiger partial charge in [0, 0.05) is 18.6 Å². The molecule has 5 nitrogen and oxygen atoms in total. The van der Waals surface area contributed by atoms with Gasteiger partial charge in [0.15, 0.2) is 5.82 Å². The number of tetrazole rings is 1. The van der Waals surface area contributed by atoms with Crippen molar-refractivity contribution in [2.75, 3.05) is 0 Å². The second-order valence-electron chi connectivity index (χ2n) is 5.71. The summed E-state index contributed by atoms with van der Waals surface area (Å²) in [7, 11) is 0. The summed E-state index contributed by atoms with van der Waals surface area (Å²) < 4.78 is 1.95. The quantitative estimate of drug-likeness (QED) is 0.744. The molecule has 0 spiro atoms. The molecule has 102 valence electrons. The van der Waals surface area contributed by atoms with Gasteiger partial charge in [0.1, 0.15) is 0 Å². The Bertz CT molecular complexity index is 369. The largest absolute Gasteiger partial charge is 0.290 e. The van der Waals surface area contributed by atoms with E-state index in [4.69, 9.17) is 0 Å². The fraction of sp³-hybridized carbons (Fsp3) is 0.923. The highest BCUT2D eigenvalue weighted by Gasteiger charge is 2.34. The molecule has 2 rings (SSSR count). The van der Waals surface area contributed by atoms with E-state index in [1.54, 1.807) is 0 Å². The zero-order valence-corrected chi connectivity index (χ0v) is 12.0. The molecule has 0 aromatic carbocycles. The Morgan fingerprint density at radius 3 is 2.61 bits per heavy atom. The smallest absolute Gasteiger partial charge is 0.165 e. The van der Waals surface area contributed by atoms with Crippen LogP contribution in [0, 0.1) is 5.92 Å². The number of hydrogen-bond acceptors (Lipinski definition) is 4. The average Bonchev–Trinajstić information content (AvgIpc) is 3.08. The van der Waals surface area contributed by atoms with Crippen LogP contribution in [0.2, 0.25) is 0 Å². The van der Waals surface area contributed by atoms with E-state index in [1.165, 1.54) is 12.8 Å². The summed E-state index contributed by atoms with van der Waals surface area (Å²) in [6, 6.07) is 1.33. The van der Waals surface area contributed by atoms with Crippen LogP contribution in [0.25, 0.3) is 0 Å². The maximum absolute atomic E-state index is 4.19. The summed E-state index contributed by atoms with van der Waals surface area (Å²) in [6.07, 6.45) is 3.72. The molecule has 0 saturated heterocycles. The summed E-state index contributed by atoms with van der Waals surface area (Å²) in [5.41, 5.74) is 0. The molecular weight excluding hydrogens is 226 g/mol. The first-order valence-corrected chi connectivity index (χ1v) is 7.14. The molecule has 0 unspecified atom stereocenters. The highest BCUT2D eigenvalue weighted by Crippen LogP contribution is 2.31. The van der Waals surface area contributed by atoms with Crippen molar-refractivity contribution in [2.45, 2.75) is 72.1 Å². The second-order valence-corrected chi connectivity index (χ2v) is 5.71. The van der Waals surface area contributed by atoms with Crippen molar-refractivity contribution in [3.8, 4) is 0 Å². The van der Waals surface area contributed by atoms with Crippen molar-refractivity contribution >= 4 is 0 Å². The summed E-state index contributed by atoms with van der Waals surface area (Å²) in [4.78, 5) is 2.57. The molecule has 18 heavy (non-hydrogen) atoms. The maximum atomic E-state index is 4.19. The number of nitrogens with zero attached hydrogens (tertiary/aromatic N) is 5. The molecule has 1 aromatic rings. The minimum absolute atomic E-state index is 0.587. The van der Waals surface area contributed by atoms with Crippen LogP contribution in [0.5, 0.6) is 0 Å². The van der Waals surface area contributed by atoms with Crippen molar-refractivity contribution in [2.24, 2.45) is 5.92 Å². The van der Waals surface area contributed by atoms with Crippen molar-refractivity contribution in [1.82, 2.24) is 25.1 Å². The van der Waals surface area contributed by atoms with Crippen molar-refractivity contribution in [3.05, 3.63) is 5.82 Å². The molecular formula is C13H25N5. The van der Waals surface area contributed by atoms with Crippen molar-refractivity contribution < 1.29 is 0 Å². The molecule has 1 aliphatic rings. The highest BCUT2D eigenvalue weighted by atomic mass is 15.5. The molecule has 0 N–H and O–H groups in total. The van der Waals surface area contributed by atoms with Gasteiger partial charge in [-0.25, -0.2) is 4.68 Å². The molecule has 1 aromatic heterocycles. The second kappa shape index (κ2) is 5.78. The summed E-state index contributed by atoms with van der Waals surface area (Å²) in [5, 5.41) is 12.1. The predicted octanol–water partition coefficient (Wildman–Crippen LogP) is 2.09. The van der Waals surface area contributed by atoms with Gasteiger partial charge in [-0.15, -0.1) is 5.10 Å². The van der Waals surface area contributed by atoms with E-state index < -0.39 is 0 Å². The van der Waals surface area contributed by atoms with Gasteiger partial charge < -0.3 is 0 Å². The van der Waals surface area contributed by atoms with Crippen LogP contribution in [-0.2, 0) is 13.1 Å². The zero-order chi connectivity index (χ0) is 13.1. The Morgan fingerprint density at radius 1 is 1.33 bits per heavy atom. The Hall–Kier alpha value is -0.970. The van der Waals surface area contributed by atoms with Gasteiger partial charge >= 0.3 is 0 Å². The fourth-order valence-corrected chi connectivity index (χ4v) is 2.28. The van der Waals surface area contributed by atoms with Gasteiger partial charge in [-0.05, 0) is 42.5 Å². The third-order valence-electron chi connectivity index (χ3n) is 3.87. The van der Waals surface area contributed by atoms with Crippen LogP contribution in [0.3, 0.4) is 0 Å². The van der Waals surface area contributed by atoms with E-state index in [0.717, 1.165) is 31.4 Å². The van der Waals surface area contributed by atoms with Crippen LogP contribution in [0.4, 0.5) is 0 Å². The number of aryl methyl sites for hydroxylation is 1. The third-order valence-corrected chi connectivity index (χ3v) is 3.87. The van der Waals surface area contributed by atoms with E-state index in [-0.39, 0.29) is 0 Å². The molecule has 0 radical (unpaired) electrons. The molecule has 1 saturated carbocycles. The Kier molecular flexibility index (Phi) is 4.32. The zero-order valence-electron chi connectivity index (χ0n) is 12.0. The summed E-state index contributed by atoms with van der Waals surface area (Å²) >= 11 is 0. The molecule has 0 amide bonds.